The molecule has 2 saturated carbocycles. The van der Waals surface area contributed by atoms with Crippen molar-refractivity contribution >= 4 is 28.7 Å². The van der Waals surface area contributed by atoms with Crippen molar-refractivity contribution in [3.05, 3.63) is 0 Å². The molecule has 1 aliphatic heterocycles. The maximum Gasteiger partial charge on any atom is 0.240 e. The summed E-state index contributed by atoms with van der Waals surface area (Å²) >= 11 is 1.46. The van der Waals surface area contributed by atoms with Gasteiger partial charge in [0.2, 0.25) is 11.8 Å². The molecule has 1 N–H and O–H groups in total. The second-order valence-electron chi connectivity index (χ2n) is 7.66. The Kier molecular flexibility index (Phi) is 6.79. The number of thioether (sulfide) groups is 1. The van der Waals surface area contributed by atoms with Crippen LogP contribution in [0.4, 0.5) is 0 Å². The first-order valence-electron chi connectivity index (χ1n) is 9.98. The molecule has 1 saturated heterocycles. The van der Waals surface area contributed by atoms with E-state index in [1.807, 2.05) is 4.90 Å². The van der Waals surface area contributed by atoms with Crippen molar-refractivity contribution in [3.8, 4) is 0 Å². The number of aliphatic imine (C=N–C) groups is 1. The van der Waals surface area contributed by atoms with Gasteiger partial charge in [0, 0.05) is 19.5 Å². The number of carbonyl (C=O) groups excluding carboxylic acids is 2. The lowest BCUT2D eigenvalue weighted by Gasteiger charge is -2.22. The Bertz CT molecular complexity index is 511. The van der Waals surface area contributed by atoms with Crippen LogP contribution in [0.2, 0.25) is 0 Å². The van der Waals surface area contributed by atoms with Gasteiger partial charge in [0.15, 0.2) is 5.17 Å². The van der Waals surface area contributed by atoms with Crippen LogP contribution in [0, 0.1) is 5.92 Å². The number of rotatable bonds is 7. The summed E-state index contributed by atoms with van der Waals surface area (Å²) in [6.45, 7) is 3.77. The monoisotopic (exact) mass is 365 g/mol. The maximum atomic E-state index is 12.6. The number of nitrogens with one attached hydrogen (secondary N) is 1. The maximum absolute atomic E-state index is 12.6. The predicted molar refractivity (Wildman–Crippen MR) is 103 cm³/mol. The van der Waals surface area contributed by atoms with E-state index in [0.717, 1.165) is 37.5 Å². The average molecular weight is 366 g/mol. The van der Waals surface area contributed by atoms with Crippen LogP contribution < -0.4 is 5.32 Å². The minimum Gasteiger partial charge on any atom is -0.342 e. The minimum absolute atomic E-state index is 0.0476. The molecule has 1 unspecified atom stereocenters. The van der Waals surface area contributed by atoms with Crippen LogP contribution in [0.25, 0.3) is 0 Å². The Hall–Kier alpha value is -1.04. The molecule has 0 spiro atoms. The van der Waals surface area contributed by atoms with Gasteiger partial charge in [-0.05, 0) is 38.0 Å². The Balaban J connectivity index is 1.53. The fourth-order valence-electron chi connectivity index (χ4n) is 3.64. The van der Waals surface area contributed by atoms with Gasteiger partial charge in [-0.2, -0.15) is 0 Å². The Morgan fingerprint density at radius 3 is 2.56 bits per heavy atom. The normalized spacial score (nSPS) is 26.5. The van der Waals surface area contributed by atoms with E-state index in [9.17, 15) is 9.59 Å². The number of hydrogen-bond acceptors (Lipinski definition) is 4. The Morgan fingerprint density at radius 2 is 1.92 bits per heavy atom. The summed E-state index contributed by atoms with van der Waals surface area (Å²) in [5, 5.41) is 3.33. The fraction of sp³-hybridized carbons (Fsp3) is 0.842. The molecular formula is C19H31N3O2S. The zero-order valence-corrected chi connectivity index (χ0v) is 16.2. The van der Waals surface area contributed by atoms with E-state index in [1.165, 1.54) is 50.3 Å². The largest absolute Gasteiger partial charge is 0.342 e. The van der Waals surface area contributed by atoms with Gasteiger partial charge in [-0.1, -0.05) is 44.4 Å². The molecule has 0 aromatic heterocycles. The third kappa shape index (κ3) is 5.73. The number of nitrogens with zero attached hydrogens (tertiary/aromatic N) is 2. The van der Waals surface area contributed by atoms with Crippen LogP contribution >= 0.6 is 11.8 Å². The highest BCUT2D eigenvalue weighted by Crippen LogP contribution is 2.31. The van der Waals surface area contributed by atoms with E-state index in [0.29, 0.717) is 18.4 Å². The first-order chi connectivity index (χ1) is 12.2. The standard InChI is InChI=1S/C19H31N3O2S/c1-2-11-22(13-14-9-10-14)17(23)12-16-18(24)21-19(25-16)20-15-7-5-3-4-6-8-15/h14-16H,2-13H2,1H3,(H,20,21,24). The van der Waals surface area contributed by atoms with Crippen LogP contribution in [0.3, 0.4) is 0 Å². The van der Waals surface area contributed by atoms with Crippen LogP contribution in [0.5, 0.6) is 0 Å². The van der Waals surface area contributed by atoms with Crippen LogP contribution in [0.15, 0.2) is 4.99 Å². The van der Waals surface area contributed by atoms with Crippen molar-refractivity contribution in [2.45, 2.75) is 82.4 Å². The first-order valence-corrected chi connectivity index (χ1v) is 10.9. The van der Waals surface area contributed by atoms with Crippen molar-refractivity contribution in [1.82, 2.24) is 10.2 Å². The van der Waals surface area contributed by atoms with Gasteiger partial charge >= 0.3 is 0 Å². The predicted octanol–water partition coefficient (Wildman–Crippen LogP) is 3.34. The molecule has 3 aliphatic rings. The molecule has 6 heteroatoms. The van der Waals surface area contributed by atoms with E-state index >= 15 is 0 Å². The Labute approximate surface area is 155 Å². The van der Waals surface area contributed by atoms with Gasteiger partial charge in [0.25, 0.3) is 0 Å². The lowest BCUT2D eigenvalue weighted by Crippen LogP contribution is -2.37. The van der Waals surface area contributed by atoms with Crippen molar-refractivity contribution in [2.75, 3.05) is 13.1 Å². The molecule has 0 bridgehead atoms. The molecule has 0 aromatic rings. The van der Waals surface area contributed by atoms with Gasteiger partial charge in [0.1, 0.15) is 5.25 Å². The molecule has 140 valence electrons. The molecule has 25 heavy (non-hydrogen) atoms. The number of carbonyl (C=O) groups is 2. The summed E-state index contributed by atoms with van der Waals surface area (Å²) in [4.78, 5) is 31.6. The zero-order valence-electron chi connectivity index (χ0n) is 15.3. The van der Waals surface area contributed by atoms with E-state index in [-0.39, 0.29) is 17.1 Å². The van der Waals surface area contributed by atoms with Crippen molar-refractivity contribution in [3.63, 3.8) is 0 Å². The second kappa shape index (κ2) is 9.06. The minimum atomic E-state index is -0.310. The summed E-state index contributed by atoms with van der Waals surface area (Å²) in [6, 6.07) is 0.339. The topological polar surface area (TPSA) is 61.8 Å². The molecule has 5 nitrogen and oxygen atoms in total. The molecule has 1 atom stereocenters. The summed E-state index contributed by atoms with van der Waals surface area (Å²) in [5.74, 6) is 0.763. The molecule has 2 amide bonds. The molecule has 0 radical (unpaired) electrons. The second-order valence-corrected chi connectivity index (χ2v) is 8.85. The van der Waals surface area contributed by atoms with Gasteiger partial charge < -0.3 is 10.2 Å². The lowest BCUT2D eigenvalue weighted by atomic mass is 10.1. The van der Waals surface area contributed by atoms with Gasteiger partial charge in [0.05, 0.1) is 6.04 Å². The van der Waals surface area contributed by atoms with Gasteiger partial charge in [-0.3, -0.25) is 14.6 Å². The third-order valence-electron chi connectivity index (χ3n) is 5.28. The van der Waals surface area contributed by atoms with Gasteiger partial charge in [-0.15, -0.1) is 0 Å². The SMILES string of the molecule is CCCN(CC1CC1)C(=O)CC1SC(=NC2CCCCCC2)NC1=O. The fourth-order valence-corrected chi connectivity index (χ4v) is 4.67. The van der Waals surface area contributed by atoms with E-state index in [1.54, 1.807) is 0 Å². The number of hydrogen-bond donors (Lipinski definition) is 1. The molecule has 0 aromatic carbocycles. The highest BCUT2D eigenvalue weighted by molar-refractivity contribution is 8.15. The van der Waals surface area contributed by atoms with Crippen LogP contribution in [-0.2, 0) is 9.59 Å². The Morgan fingerprint density at radius 1 is 1.20 bits per heavy atom. The highest BCUT2D eigenvalue weighted by Gasteiger charge is 2.35. The number of amides is 2. The van der Waals surface area contributed by atoms with Crippen LogP contribution in [-0.4, -0.2) is 46.3 Å². The molecule has 3 rings (SSSR count). The van der Waals surface area contributed by atoms with E-state index in [2.05, 4.69) is 12.2 Å². The molecular weight excluding hydrogens is 334 g/mol. The summed E-state index contributed by atoms with van der Waals surface area (Å²) in [6.07, 6.45) is 11.0. The first kappa shape index (κ1) is 18.7. The van der Waals surface area contributed by atoms with Gasteiger partial charge in [-0.25, -0.2) is 0 Å². The quantitative estimate of drug-likeness (QED) is 0.704. The summed E-state index contributed by atoms with van der Waals surface area (Å²) in [5.41, 5.74) is 0. The summed E-state index contributed by atoms with van der Waals surface area (Å²) in [7, 11) is 0. The zero-order chi connectivity index (χ0) is 17.6. The van der Waals surface area contributed by atoms with E-state index < -0.39 is 0 Å². The van der Waals surface area contributed by atoms with Crippen molar-refractivity contribution in [2.24, 2.45) is 10.9 Å². The van der Waals surface area contributed by atoms with Crippen molar-refractivity contribution in [1.29, 1.82) is 0 Å². The lowest BCUT2D eigenvalue weighted by molar-refractivity contribution is -0.133. The summed E-state index contributed by atoms with van der Waals surface area (Å²) < 4.78 is 0. The number of amidine groups is 1. The highest BCUT2D eigenvalue weighted by atomic mass is 32.2. The third-order valence-corrected chi connectivity index (χ3v) is 6.38. The smallest absolute Gasteiger partial charge is 0.240 e. The molecule has 1 heterocycles. The molecule has 3 fully saturated rings. The molecule has 2 aliphatic carbocycles. The van der Waals surface area contributed by atoms with Crippen molar-refractivity contribution < 1.29 is 9.59 Å². The van der Waals surface area contributed by atoms with E-state index in [4.69, 9.17) is 4.99 Å². The average Bonchev–Trinajstić information content (AvgIpc) is 3.37. The van der Waals surface area contributed by atoms with Crippen LogP contribution in [0.1, 0.15) is 71.1 Å².